The highest BCUT2D eigenvalue weighted by molar-refractivity contribution is 7.99. The van der Waals surface area contributed by atoms with E-state index < -0.39 is 0 Å². The maximum atomic E-state index is 9.48. The first kappa shape index (κ1) is 16.6. The van der Waals surface area contributed by atoms with Gasteiger partial charge in [0.15, 0.2) is 5.65 Å². The predicted molar refractivity (Wildman–Crippen MR) is 99.7 cm³/mol. The number of nitriles is 1. The van der Waals surface area contributed by atoms with Gasteiger partial charge >= 0.3 is 0 Å². The van der Waals surface area contributed by atoms with Crippen LogP contribution in [-0.2, 0) is 0 Å². The van der Waals surface area contributed by atoms with Crippen LogP contribution in [0.25, 0.3) is 16.7 Å². The molecule has 5 nitrogen and oxygen atoms in total. The number of nitrogens with one attached hydrogen (secondary N) is 1. The number of aliphatic hydroxyl groups is 1. The molecule has 124 valence electrons. The van der Waals surface area contributed by atoms with E-state index in [0.717, 1.165) is 46.9 Å². The molecule has 3 aromatic rings. The molecular weight excluding hydrogens is 320 g/mol. The van der Waals surface area contributed by atoms with Gasteiger partial charge in [0.05, 0.1) is 16.6 Å². The van der Waals surface area contributed by atoms with Crippen molar-refractivity contribution in [1.82, 2.24) is 9.38 Å². The molecule has 0 fully saturated rings. The SMILES string of the molecule is Cc1cc(NCCSCCCO)n2c(nc3ccccc32)c1C#N. The standard InChI is InChI=1S/C18H20N4OS/c1-13-11-17(20-7-10-24-9-4-8-23)22-16-6-3-2-5-15(16)21-18(22)14(13)12-19/h2-3,5-6,11,20,23H,4,7-10H2,1H3. The van der Waals surface area contributed by atoms with Crippen molar-refractivity contribution < 1.29 is 5.11 Å². The van der Waals surface area contributed by atoms with Crippen molar-refractivity contribution in [3.05, 3.63) is 41.5 Å². The van der Waals surface area contributed by atoms with Crippen LogP contribution in [0.2, 0.25) is 0 Å². The first-order valence-electron chi connectivity index (χ1n) is 7.99. The lowest BCUT2D eigenvalue weighted by Crippen LogP contribution is -2.09. The van der Waals surface area contributed by atoms with E-state index in [1.165, 1.54) is 0 Å². The van der Waals surface area contributed by atoms with Gasteiger partial charge in [-0.1, -0.05) is 12.1 Å². The van der Waals surface area contributed by atoms with Crippen molar-refractivity contribution in [2.24, 2.45) is 0 Å². The second kappa shape index (κ2) is 7.56. The van der Waals surface area contributed by atoms with Crippen LogP contribution in [0.1, 0.15) is 17.5 Å². The van der Waals surface area contributed by atoms with E-state index in [0.29, 0.717) is 11.2 Å². The topological polar surface area (TPSA) is 73.3 Å². The molecule has 2 aromatic heterocycles. The van der Waals surface area contributed by atoms with Crippen LogP contribution in [0.4, 0.5) is 5.82 Å². The first-order chi connectivity index (χ1) is 11.8. The number of thioether (sulfide) groups is 1. The van der Waals surface area contributed by atoms with Gasteiger partial charge < -0.3 is 10.4 Å². The number of aryl methyl sites for hydroxylation is 1. The largest absolute Gasteiger partial charge is 0.396 e. The Labute approximate surface area is 145 Å². The number of fused-ring (bicyclic) bond motifs is 3. The number of para-hydroxylation sites is 2. The highest BCUT2D eigenvalue weighted by atomic mass is 32.2. The summed E-state index contributed by atoms with van der Waals surface area (Å²) in [6.07, 6.45) is 0.830. The zero-order chi connectivity index (χ0) is 16.9. The van der Waals surface area contributed by atoms with E-state index in [1.54, 1.807) is 0 Å². The number of hydrogen-bond acceptors (Lipinski definition) is 5. The number of nitrogens with zero attached hydrogens (tertiary/aromatic N) is 3. The third-order valence-electron chi connectivity index (χ3n) is 3.88. The van der Waals surface area contributed by atoms with Crippen molar-refractivity contribution in [2.75, 3.05) is 30.0 Å². The average Bonchev–Trinajstić information content (AvgIpc) is 2.97. The van der Waals surface area contributed by atoms with E-state index in [9.17, 15) is 5.26 Å². The quantitative estimate of drug-likeness (QED) is 0.646. The van der Waals surface area contributed by atoms with Crippen LogP contribution >= 0.6 is 11.8 Å². The molecule has 0 bridgehead atoms. The van der Waals surface area contributed by atoms with Gasteiger partial charge in [-0.2, -0.15) is 17.0 Å². The number of imidazole rings is 1. The molecule has 0 saturated heterocycles. The zero-order valence-electron chi connectivity index (χ0n) is 13.6. The van der Waals surface area contributed by atoms with Gasteiger partial charge in [-0.15, -0.1) is 0 Å². The summed E-state index contributed by atoms with van der Waals surface area (Å²) >= 11 is 1.82. The highest BCUT2D eigenvalue weighted by Gasteiger charge is 2.14. The Kier molecular flexibility index (Phi) is 5.24. The lowest BCUT2D eigenvalue weighted by atomic mass is 10.1. The summed E-state index contributed by atoms with van der Waals surface area (Å²) in [5.74, 6) is 2.89. The number of hydrogen-bond donors (Lipinski definition) is 2. The second-order valence-electron chi connectivity index (χ2n) is 5.58. The normalized spacial score (nSPS) is 11.0. The maximum Gasteiger partial charge on any atom is 0.157 e. The molecule has 2 heterocycles. The predicted octanol–water partition coefficient (Wildman–Crippen LogP) is 3.20. The summed E-state index contributed by atoms with van der Waals surface area (Å²) in [6.45, 7) is 3.01. The van der Waals surface area contributed by atoms with Crippen molar-refractivity contribution in [2.45, 2.75) is 13.3 Å². The van der Waals surface area contributed by atoms with Gasteiger partial charge in [0.2, 0.25) is 0 Å². The van der Waals surface area contributed by atoms with Crippen LogP contribution < -0.4 is 5.32 Å². The van der Waals surface area contributed by atoms with E-state index >= 15 is 0 Å². The fourth-order valence-corrected chi connectivity index (χ4v) is 3.53. The molecule has 0 aliphatic carbocycles. The van der Waals surface area contributed by atoms with E-state index in [2.05, 4.69) is 16.4 Å². The van der Waals surface area contributed by atoms with Gasteiger partial charge in [-0.3, -0.25) is 4.40 Å². The smallest absolute Gasteiger partial charge is 0.157 e. The third kappa shape index (κ3) is 3.18. The molecule has 0 radical (unpaired) electrons. The molecule has 0 unspecified atom stereocenters. The van der Waals surface area contributed by atoms with Gasteiger partial charge in [0.25, 0.3) is 0 Å². The van der Waals surface area contributed by atoms with Crippen LogP contribution in [0.15, 0.2) is 30.3 Å². The molecule has 0 spiro atoms. The minimum atomic E-state index is 0.247. The number of rotatable bonds is 7. The minimum Gasteiger partial charge on any atom is -0.396 e. The summed E-state index contributed by atoms with van der Waals surface area (Å²) in [5.41, 5.74) is 4.14. The third-order valence-corrected chi connectivity index (χ3v) is 4.95. The molecule has 1 aromatic carbocycles. The summed E-state index contributed by atoms with van der Waals surface area (Å²) in [6, 6.07) is 12.2. The molecule has 0 saturated carbocycles. The number of benzene rings is 1. The number of anilines is 1. The Morgan fingerprint density at radius 3 is 2.96 bits per heavy atom. The van der Waals surface area contributed by atoms with Crippen molar-refractivity contribution in [3.63, 3.8) is 0 Å². The summed E-state index contributed by atoms with van der Waals surface area (Å²) in [5, 5.41) is 21.8. The molecular formula is C18H20N4OS. The summed E-state index contributed by atoms with van der Waals surface area (Å²) in [7, 11) is 0. The van der Waals surface area contributed by atoms with Crippen molar-refractivity contribution in [3.8, 4) is 6.07 Å². The average molecular weight is 340 g/mol. The molecule has 2 N–H and O–H groups in total. The van der Waals surface area contributed by atoms with Gasteiger partial charge in [-0.05, 0) is 42.9 Å². The summed E-state index contributed by atoms with van der Waals surface area (Å²) < 4.78 is 2.03. The molecule has 6 heteroatoms. The zero-order valence-corrected chi connectivity index (χ0v) is 14.4. The van der Waals surface area contributed by atoms with Crippen molar-refractivity contribution in [1.29, 1.82) is 5.26 Å². The fourth-order valence-electron chi connectivity index (χ4n) is 2.74. The Morgan fingerprint density at radius 2 is 2.17 bits per heavy atom. The van der Waals surface area contributed by atoms with Crippen LogP contribution in [0.3, 0.4) is 0 Å². The van der Waals surface area contributed by atoms with Gasteiger partial charge in [0.1, 0.15) is 11.9 Å². The van der Waals surface area contributed by atoms with Crippen LogP contribution in [0, 0.1) is 18.3 Å². The monoisotopic (exact) mass is 340 g/mol. The van der Waals surface area contributed by atoms with Crippen LogP contribution in [-0.4, -0.2) is 39.1 Å². The first-order valence-corrected chi connectivity index (χ1v) is 9.15. The highest BCUT2D eigenvalue weighted by Crippen LogP contribution is 2.26. The van der Waals surface area contributed by atoms with Crippen molar-refractivity contribution >= 4 is 34.3 Å². The molecule has 3 rings (SSSR count). The molecule has 0 aliphatic rings. The molecule has 0 atom stereocenters. The lowest BCUT2D eigenvalue weighted by molar-refractivity contribution is 0.296. The number of pyridine rings is 1. The molecule has 0 aliphatic heterocycles. The maximum absolute atomic E-state index is 9.48. The Bertz CT molecular complexity index is 897. The van der Waals surface area contributed by atoms with E-state index in [4.69, 9.17) is 5.11 Å². The lowest BCUT2D eigenvalue weighted by Gasteiger charge is -2.12. The number of aromatic nitrogens is 2. The Morgan fingerprint density at radius 1 is 1.33 bits per heavy atom. The molecule has 24 heavy (non-hydrogen) atoms. The van der Waals surface area contributed by atoms with Gasteiger partial charge in [-0.25, -0.2) is 4.98 Å². The second-order valence-corrected chi connectivity index (χ2v) is 6.80. The Hall–Kier alpha value is -2.23. The van der Waals surface area contributed by atoms with E-state index in [1.807, 2.05) is 53.4 Å². The van der Waals surface area contributed by atoms with E-state index in [-0.39, 0.29) is 6.61 Å². The number of aliphatic hydroxyl groups excluding tert-OH is 1. The summed E-state index contributed by atoms with van der Waals surface area (Å²) in [4.78, 5) is 4.64. The van der Waals surface area contributed by atoms with Gasteiger partial charge in [0, 0.05) is 18.9 Å². The minimum absolute atomic E-state index is 0.247. The Balaban J connectivity index is 1.94. The fraction of sp³-hybridized carbons (Fsp3) is 0.333. The molecule has 0 amide bonds. The van der Waals surface area contributed by atoms with Crippen LogP contribution in [0.5, 0.6) is 0 Å².